The minimum atomic E-state index is -0.127. The predicted molar refractivity (Wildman–Crippen MR) is 104 cm³/mol. The summed E-state index contributed by atoms with van der Waals surface area (Å²) in [6, 6.07) is 9.81. The summed E-state index contributed by atoms with van der Waals surface area (Å²) in [6.45, 7) is 1.18. The lowest BCUT2D eigenvalue weighted by Crippen LogP contribution is -2.20. The summed E-state index contributed by atoms with van der Waals surface area (Å²) in [7, 11) is 0. The van der Waals surface area contributed by atoms with Gasteiger partial charge in [-0.25, -0.2) is 4.98 Å². The van der Waals surface area contributed by atoms with Gasteiger partial charge < -0.3 is 14.8 Å². The Bertz CT molecular complexity index is 824. The van der Waals surface area contributed by atoms with E-state index in [-0.39, 0.29) is 5.91 Å². The first-order chi connectivity index (χ1) is 13.3. The molecule has 1 N–H and O–H groups in total. The van der Waals surface area contributed by atoms with E-state index in [0.717, 1.165) is 42.7 Å². The van der Waals surface area contributed by atoms with Gasteiger partial charge in [0, 0.05) is 31.3 Å². The molecule has 1 aromatic carbocycles. The minimum absolute atomic E-state index is 0.127. The van der Waals surface area contributed by atoms with Gasteiger partial charge >= 0.3 is 0 Å². The number of hydrogen-bond donors (Lipinski definition) is 1. The molecular weight excluding hydrogens is 340 g/mol. The molecule has 1 fully saturated rings. The van der Waals surface area contributed by atoms with Gasteiger partial charge in [-0.1, -0.05) is 12.1 Å². The summed E-state index contributed by atoms with van der Waals surface area (Å²) in [5.74, 6) is 1.49. The Morgan fingerprint density at radius 2 is 2.15 bits per heavy atom. The van der Waals surface area contributed by atoms with Crippen LogP contribution in [0.25, 0.3) is 6.08 Å². The molecule has 1 aliphatic heterocycles. The topological polar surface area (TPSA) is 60.5 Å². The predicted octanol–water partition coefficient (Wildman–Crippen LogP) is 3.67. The Kier molecular flexibility index (Phi) is 5.37. The number of carbonyl (C=O) groups is 1. The highest BCUT2D eigenvalue weighted by Gasteiger charge is 2.16. The van der Waals surface area contributed by atoms with Crippen LogP contribution in [0.3, 0.4) is 0 Å². The zero-order valence-electron chi connectivity index (χ0n) is 15.3. The largest absolute Gasteiger partial charge is 0.493 e. The van der Waals surface area contributed by atoms with Crippen LogP contribution in [0.15, 0.2) is 42.6 Å². The second-order valence-electron chi connectivity index (χ2n) is 7.05. The van der Waals surface area contributed by atoms with Crippen LogP contribution in [0.4, 0.5) is 0 Å². The fraction of sp³-hybridized carbons (Fsp3) is 0.364. The number of hydrogen-bond acceptors (Lipinski definition) is 4. The van der Waals surface area contributed by atoms with Gasteiger partial charge in [0.1, 0.15) is 11.9 Å². The average Bonchev–Trinajstić information content (AvgIpc) is 3.37. The molecule has 1 saturated carbocycles. The van der Waals surface area contributed by atoms with Crippen molar-refractivity contribution < 1.29 is 14.3 Å². The summed E-state index contributed by atoms with van der Waals surface area (Å²) in [5, 5.41) is 2.88. The van der Waals surface area contributed by atoms with Gasteiger partial charge in [-0.05, 0) is 60.6 Å². The first-order valence-corrected chi connectivity index (χ1v) is 9.59. The van der Waals surface area contributed by atoms with E-state index in [1.165, 1.54) is 18.4 Å². The van der Waals surface area contributed by atoms with E-state index in [9.17, 15) is 4.79 Å². The summed E-state index contributed by atoms with van der Waals surface area (Å²) in [6.07, 6.45) is 11.1. The van der Waals surface area contributed by atoms with Gasteiger partial charge in [0.2, 0.25) is 11.8 Å². The molecule has 2 aliphatic rings. The molecular formula is C22H24N2O3. The molecule has 0 atom stereocenters. The highest BCUT2D eigenvalue weighted by atomic mass is 16.5. The number of aromatic nitrogens is 1. The highest BCUT2D eigenvalue weighted by Crippen LogP contribution is 2.26. The first kappa shape index (κ1) is 17.6. The third kappa shape index (κ3) is 4.67. The molecule has 5 heteroatoms. The zero-order chi connectivity index (χ0) is 18.5. The Morgan fingerprint density at radius 1 is 1.26 bits per heavy atom. The van der Waals surface area contributed by atoms with E-state index in [1.807, 2.05) is 30.3 Å². The Labute approximate surface area is 159 Å². The number of fused-ring (bicyclic) bond motifs is 1. The number of rotatable bonds is 6. The fourth-order valence-corrected chi connectivity index (χ4v) is 3.49. The van der Waals surface area contributed by atoms with E-state index >= 15 is 0 Å². The molecule has 2 aromatic rings. The summed E-state index contributed by atoms with van der Waals surface area (Å²) < 4.78 is 11.4. The van der Waals surface area contributed by atoms with Gasteiger partial charge in [0.25, 0.3) is 0 Å². The van der Waals surface area contributed by atoms with E-state index < -0.39 is 0 Å². The second kappa shape index (κ2) is 8.25. The molecule has 5 nitrogen and oxygen atoms in total. The molecule has 1 amide bonds. The smallest absolute Gasteiger partial charge is 0.244 e. The van der Waals surface area contributed by atoms with Crippen LogP contribution in [0.5, 0.6) is 11.6 Å². The number of nitrogens with zero attached hydrogens (tertiary/aromatic N) is 1. The van der Waals surface area contributed by atoms with Crippen LogP contribution in [0, 0.1) is 0 Å². The maximum atomic E-state index is 12.1. The molecule has 2 heterocycles. The number of amides is 1. The summed E-state index contributed by atoms with van der Waals surface area (Å²) in [5.41, 5.74) is 3.15. The highest BCUT2D eigenvalue weighted by molar-refractivity contribution is 5.91. The van der Waals surface area contributed by atoms with E-state index in [0.29, 0.717) is 18.5 Å². The zero-order valence-corrected chi connectivity index (χ0v) is 15.3. The van der Waals surface area contributed by atoms with Crippen molar-refractivity contribution in [3.05, 3.63) is 59.3 Å². The summed E-state index contributed by atoms with van der Waals surface area (Å²) in [4.78, 5) is 16.4. The normalized spacial score (nSPS) is 16.3. The Hall–Kier alpha value is -2.82. The molecule has 1 aromatic heterocycles. The molecule has 0 saturated heterocycles. The van der Waals surface area contributed by atoms with E-state index in [2.05, 4.69) is 16.4 Å². The first-order valence-electron chi connectivity index (χ1n) is 9.59. The number of ether oxygens (including phenoxy) is 2. The number of nitrogens with one attached hydrogen (secondary N) is 1. The molecule has 1 aliphatic carbocycles. The van der Waals surface area contributed by atoms with Crippen LogP contribution >= 0.6 is 0 Å². The van der Waals surface area contributed by atoms with Crippen molar-refractivity contribution in [2.75, 3.05) is 6.61 Å². The monoisotopic (exact) mass is 364 g/mol. The van der Waals surface area contributed by atoms with Crippen molar-refractivity contribution in [1.29, 1.82) is 0 Å². The molecule has 4 rings (SSSR count). The van der Waals surface area contributed by atoms with Gasteiger partial charge in [0.05, 0.1) is 6.61 Å². The number of pyridine rings is 1. The molecule has 0 bridgehead atoms. The lowest BCUT2D eigenvalue weighted by molar-refractivity contribution is -0.116. The number of benzene rings is 1. The Morgan fingerprint density at radius 3 is 2.96 bits per heavy atom. The van der Waals surface area contributed by atoms with Crippen molar-refractivity contribution in [2.45, 2.75) is 44.8 Å². The molecule has 140 valence electrons. The maximum Gasteiger partial charge on any atom is 0.244 e. The van der Waals surface area contributed by atoms with Crippen molar-refractivity contribution in [3.8, 4) is 11.6 Å². The van der Waals surface area contributed by atoms with Crippen molar-refractivity contribution >= 4 is 12.0 Å². The van der Waals surface area contributed by atoms with Crippen LogP contribution in [-0.2, 0) is 17.8 Å². The third-order valence-electron chi connectivity index (χ3n) is 4.99. The average molecular weight is 364 g/mol. The van der Waals surface area contributed by atoms with E-state index in [1.54, 1.807) is 12.3 Å². The van der Waals surface area contributed by atoms with Crippen LogP contribution < -0.4 is 14.8 Å². The Balaban J connectivity index is 1.26. The third-order valence-corrected chi connectivity index (χ3v) is 4.99. The van der Waals surface area contributed by atoms with Crippen LogP contribution in [0.2, 0.25) is 0 Å². The van der Waals surface area contributed by atoms with Gasteiger partial charge in [-0.3, -0.25) is 4.79 Å². The lowest BCUT2D eigenvalue weighted by atomic mass is 10.1. The van der Waals surface area contributed by atoms with Crippen LogP contribution in [-0.4, -0.2) is 23.6 Å². The molecule has 0 spiro atoms. The SMILES string of the molecule is O=C(/C=C/c1ccc2c(c1)CCO2)NCc1ccc(OC2CCCC2)nc1. The van der Waals surface area contributed by atoms with Gasteiger partial charge in [0.15, 0.2) is 0 Å². The second-order valence-corrected chi connectivity index (χ2v) is 7.05. The maximum absolute atomic E-state index is 12.1. The summed E-state index contributed by atoms with van der Waals surface area (Å²) >= 11 is 0. The lowest BCUT2D eigenvalue weighted by Gasteiger charge is -2.12. The quantitative estimate of drug-likeness (QED) is 0.795. The van der Waals surface area contributed by atoms with Gasteiger partial charge in [-0.15, -0.1) is 0 Å². The van der Waals surface area contributed by atoms with E-state index in [4.69, 9.17) is 9.47 Å². The van der Waals surface area contributed by atoms with Crippen molar-refractivity contribution in [2.24, 2.45) is 0 Å². The number of carbonyl (C=O) groups excluding carboxylic acids is 1. The van der Waals surface area contributed by atoms with Crippen molar-refractivity contribution in [3.63, 3.8) is 0 Å². The molecule has 0 unspecified atom stereocenters. The molecule has 27 heavy (non-hydrogen) atoms. The van der Waals surface area contributed by atoms with Gasteiger partial charge in [-0.2, -0.15) is 0 Å². The minimum Gasteiger partial charge on any atom is -0.493 e. The van der Waals surface area contributed by atoms with Crippen LogP contribution in [0.1, 0.15) is 42.4 Å². The standard InChI is InChI=1S/C22H24N2O3/c25-21(9-6-16-5-8-20-18(13-16)11-12-26-20)23-14-17-7-10-22(24-15-17)27-19-3-1-2-4-19/h5-10,13,15,19H,1-4,11-12,14H2,(H,23,25)/b9-6+. The molecule has 0 radical (unpaired) electrons. The fourth-order valence-electron chi connectivity index (χ4n) is 3.49. The van der Waals surface area contributed by atoms with Crippen molar-refractivity contribution in [1.82, 2.24) is 10.3 Å².